The number of nitrogen functional groups attached to an aromatic ring is 1. The van der Waals surface area contributed by atoms with E-state index in [0.29, 0.717) is 11.3 Å². The number of Topliss-reactive ketones (excluding diaryl/α,β-unsaturated/α-hetero) is 1. The molecule has 0 amide bonds. The summed E-state index contributed by atoms with van der Waals surface area (Å²) in [6.45, 7) is 1.50. The third-order valence-electron chi connectivity index (χ3n) is 1.51. The highest BCUT2D eigenvalue weighted by Gasteiger charge is 2.06. The number of quaternary nitrogens is 1. The van der Waals surface area contributed by atoms with Gasteiger partial charge in [0.2, 0.25) is 0 Å². The molecule has 0 aromatic heterocycles. The zero-order chi connectivity index (χ0) is 8.43. The number of benzene rings is 1. The zero-order valence-electron chi connectivity index (χ0n) is 6.42. The number of rotatable bonds is 1. The molecule has 3 heteroatoms. The lowest BCUT2D eigenvalue weighted by atomic mass is 10.1. The number of ketones is 1. The van der Waals surface area contributed by atoms with Crippen LogP contribution in [0.15, 0.2) is 18.2 Å². The van der Waals surface area contributed by atoms with Crippen molar-refractivity contribution in [2.24, 2.45) is 0 Å². The summed E-state index contributed by atoms with van der Waals surface area (Å²) in [6, 6.07) is 5.12. The summed E-state index contributed by atoms with van der Waals surface area (Å²) in [4.78, 5) is 10.9. The maximum absolute atomic E-state index is 10.9. The first-order chi connectivity index (χ1) is 5.11. The van der Waals surface area contributed by atoms with Crippen LogP contribution in [0.1, 0.15) is 17.3 Å². The van der Waals surface area contributed by atoms with Crippen molar-refractivity contribution < 1.29 is 10.5 Å². The number of hydrogen-bond acceptors (Lipinski definition) is 2. The molecule has 0 saturated carbocycles. The Morgan fingerprint density at radius 1 is 1.55 bits per heavy atom. The lowest BCUT2D eigenvalue weighted by molar-refractivity contribution is -0.255. The molecule has 1 aromatic carbocycles. The molecule has 58 valence electrons. The predicted molar refractivity (Wildman–Crippen MR) is 43.4 cm³/mol. The normalized spacial score (nSPS) is 9.64. The summed E-state index contributed by atoms with van der Waals surface area (Å²) in [5.74, 6) is 0.00213. The van der Waals surface area contributed by atoms with E-state index in [1.54, 1.807) is 18.2 Å². The van der Waals surface area contributed by atoms with Crippen LogP contribution in [0.5, 0.6) is 0 Å². The fraction of sp³-hybridized carbons (Fsp3) is 0.125. The molecular weight excluding hydrogens is 140 g/mol. The van der Waals surface area contributed by atoms with Gasteiger partial charge in [-0.2, -0.15) is 0 Å². The van der Waals surface area contributed by atoms with Crippen molar-refractivity contribution in [3.05, 3.63) is 23.8 Å². The summed E-state index contributed by atoms with van der Waals surface area (Å²) in [7, 11) is 0. The van der Waals surface area contributed by atoms with Crippen LogP contribution in [-0.4, -0.2) is 5.78 Å². The van der Waals surface area contributed by atoms with Crippen molar-refractivity contribution in [2.75, 3.05) is 5.73 Å². The first-order valence-corrected chi connectivity index (χ1v) is 3.33. The molecule has 0 spiro atoms. The number of anilines is 1. The molecule has 0 aliphatic rings. The average Bonchev–Trinajstić information content (AvgIpc) is 1.94. The standard InChI is InChI=1S/C8H10N2O/c1-5(11)7-4-6(9)2-3-8(7)10/h2-4H,9-10H2,1H3/p+1. The van der Waals surface area contributed by atoms with Crippen molar-refractivity contribution in [3.8, 4) is 0 Å². The second-order valence-electron chi connectivity index (χ2n) is 2.47. The van der Waals surface area contributed by atoms with Crippen LogP contribution in [0, 0.1) is 0 Å². The van der Waals surface area contributed by atoms with E-state index in [1.807, 2.05) is 0 Å². The summed E-state index contributed by atoms with van der Waals surface area (Å²) < 4.78 is 0. The molecule has 1 rings (SSSR count). The van der Waals surface area contributed by atoms with Crippen LogP contribution < -0.4 is 11.5 Å². The molecule has 5 N–H and O–H groups in total. The van der Waals surface area contributed by atoms with E-state index in [0.717, 1.165) is 5.69 Å². The summed E-state index contributed by atoms with van der Waals surface area (Å²) in [6.07, 6.45) is 0. The van der Waals surface area contributed by atoms with Crippen molar-refractivity contribution in [1.29, 1.82) is 0 Å². The molecule has 0 unspecified atom stereocenters. The first-order valence-electron chi connectivity index (χ1n) is 3.33. The monoisotopic (exact) mass is 151 g/mol. The lowest BCUT2D eigenvalue weighted by Gasteiger charge is -1.98. The van der Waals surface area contributed by atoms with E-state index in [2.05, 4.69) is 5.73 Å². The number of carbonyl (C=O) groups excluding carboxylic acids is 1. The highest BCUT2D eigenvalue weighted by molar-refractivity contribution is 5.98. The molecule has 0 aliphatic heterocycles. The molecule has 0 atom stereocenters. The highest BCUT2D eigenvalue weighted by atomic mass is 16.1. The van der Waals surface area contributed by atoms with Crippen LogP contribution in [0.25, 0.3) is 0 Å². The largest absolute Gasteiger partial charge is 0.399 e. The van der Waals surface area contributed by atoms with Crippen LogP contribution in [0.2, 0.25) is 0 Å². The van der Waals surface area contributed by atoms with Crippen molar-refractivity contribution in [2.45, 2.75) is 6.92 Å². The molecule has 1 aromatic rings. The molecule has 0 bridgehead atoms. The Morgan fingerprint density at radius 3 is 2.64 bits per heavy atom. The maximum Gasteiger partial charge on any atom is 0.165 e. The number of carbonyl (C=O) groups is 1. The Kier molecular flexibility index (Phi) is 1.92. The average molecular weight is 151 g/mol. The Hall–Kier alpha value is -1.35. The lowest BCUT2D eigenvalue weighted by Crippen LogP contribution is -2.41. The highest BCUT2D eigenvalue weighted by Crippen LogP contribution is 2.13. The molecule has 0 saturated heterocycles. The Balaban J connectivity index is 3.23. The fourth-order valence-corrected chi connectivity index (χ4v) is 0.922. The van der Waals surface area contributed by atoms with E-state index in [4.69, 9.17) is 5.73 Å². The van der Waals surface area contributed by atoms with Gasteiger partial charge in [-0.25, -0.2) is 0 Å². The predicted octanol–water partition coefficient (Wildman–Crippen LogP) is 0.345. The van der Waals surface area contributed by atoms with Gasteiger partial charge in [-0.3, -0.25) is 4.79 Å². The zero-order valence-corrected chi connectivity index (χ0v) is 6.42. The minimum atomic E-state index is 0.00213. The SMILES string of the molecule is CC(=O)c1cc(N)ccc1[NH3+]. The van der Waals surface area contributed by atoms with Crippen LogP contribution in [-0.2, 0) is 0 Å². The van der Waals surface area contributed by atoms with Crippen LogP contribution in [0.4, 0.5) is 11.4 Å². The summed E-state index contributed by atoms with van der Waals surface area (Å²) in [5.41, 5.74) is 11.1. The quantitative estimate of drug-likeness (QED) is 0.449. The van der Waals surface area contributed by atoms with Gasteiger partial charge in [0.15, 0.2) is 5.78 Å². The third kappa shape index (κ3) is 1.56. The van der Waals surface area contributed by atoms with E-state index in [9.17, 15) is 4.79 Å². The van der Waals surface area contributed by atoms with Gasteiger partial charge in [-0.1, -0.05) is 0 Å². The van der Waals surface area contributed by atoms with E-state index in [-0.39, 0.29) is 5.78 Å². The maximum atomic E-state index is 10.9. The molecule has 0 fully saturated rings. The van der Waals surface area contributed by atoms with Crippen LogP contribution >= 0.6 is 0 Å². The van der Waals surface area contributed by atoms with Gasteiger partial charge >= 0.3 is 0 Å². The second kappa shape index (κ2) is 2.72. The third-order valence-corrected chi connectivity index (χ3v) is 1.51. The van der Waals surface area contributed by atoms with E-state index in [1.165, 1.54) is 6.92 Å². The van der Waals surface area contributed by atoms with Crippen molar-refractivity contribution >= 4 is 17.2 Å². The van der Waals surface area contributed by atoms with Crippen LogP contribution in [0.3, 0.4) is 0 Å². The Bertz CT molecular complexity index is 294. The minimum absolute atomic E-state index is 0.00213. The van der Waals surface area contributed by atoms with E-state index < -0.39 is 0 Å². The van der Waals surface area contributed by atoms with Crippen molar-refractivity contribution in [1.82, 2.24) is 0 Å². The molecule has 0 radical (unpaired) electrons. The Morgan fingerprint density at radius 2 is 2.18 bits per heavy atom. The van der Waals surface area contributed by atoms with Gasteiger partial charge in [0.1, 0.15) is 5.69 Å². The van der Waals surface area contributed by atoms with Gasteiger partial charge in [0.05, 0.1) is 5.56 Å². The van der Waals surface area contributed by atoms with Gasteiger partial charge in [0.25, 0.3) is 0 Å². The van der Waals surface area contributed by atoms with Gasteiger partial charge in [0, 0.05) is 11.8 Å². The van der Waals surface area contributed by atoms with Crippen molar-refractivity contribution in [3.63, 3.8) is 0 Å². The fourth-order valence-electron chi connectivity index (χ4n) is 0.922. The molecule has 0 aliphatic carbocycles. The van der Waals surface area contributed by atoms with E-state index >= 15 is 0 Å². The van der Waals surface area contributed by atoms with Gasteiger partial charge in [-0.15, -0.1) is 0 Å². The van der Waals surface area contributed by atoms with Gasteiger partial charge < -0.3 is 11.5 Å². The Labute approximate surface area is 65.0 Å². The second-order valence-corrected chi connectivity index (χ2v) is 2.47. The smallest absolute Gasteiger partial charge is 0.165 e. The van der Waals surface area contributed by atoms with Gasteiger partial charge in [-0.05, 0) is 19.1 Å². The number of nitrogens with two attached hydrogens (primary N) is 1. The molecule has 0 heterocycles. The summed E-state index contributed by atoms with van der Waals surface area (Å²) >= 11 is 0. The molecule has 3 nitrogen and oxygen atoms in total. The topological polar surface area (TPSA) is 70.7 Å². The molecule has 11 heavy (non-hydrogen) atoms. The minimum Gasteiger partial charge on any atom is -0.399 e. The summed E-state index contributed by atoms with van der Waals surface area (Å²) in [5, 5.41) is 0. The molecular formula is C8H11N2O+. The first kappa shape index (κ1) is 7.75. The number of hydrogen-bond donors (Lipinski definition) is 2.